The first-order valence-corrected chi connectivity index (χ1v) is 17.0. The zero-order valence-electron chi connectivity index (χ0n) is 26.4. The molecule has 0 spiro atoms. The highest BCUT2D eigenvalue weighted by molar-refractivity contribution is 7.01. The molecular formula is C42H22B2N2O4. The van der Waals surface area contributed by atoms with Gasteiger partial charge in [-0.3, -0.25) is 0 Å². The molecule has 8 heteroatoms. The maximum Gasteiger partial charge on any atom is 0.266 e. The second-order valence-electron chi connectivity index (χ2n) is 13.6. The Balaban J connectivity index is 0.984. The van der Waals surface area contributed by atoms with Crippen LogP contribution in [0.4, 0.5) is 34.1 Å². The molecule has 6 aliphatic rings. The fraction of sp³-hybridized carbons (Fsp3) is 0. The summed E-state index contributed by atoms with van der Waals surface area (Å²) >= 11 is 0. The number of hydrogen-bond acceptors (Lipinski definition) is 6. The van der Waals surface area contributed by atoms with Gasteiger partial charge in [0.05, 0.1) is 0 Å². The molecule has 0 saturated heterocycles. The first-order chi connectivity index (χ1) is 24.8. The lowest BCUT2D eigenvalue weighted by molar-refractivity contribution is 0.463. The van der Waals surface area contributed by atoms with Gasteiger partial charge in [0.1, 0.15) is 46.0 Å². The highest BCUT2D eigenvalue weighted by Crippen LogP contribution is 2.48. The molecule has 0 N–H and O–H groups in total. The van der Waals surface area contributed by atoms with Gasteiger partial charge in [0.2, 0.25) is 0 Å². The van der Waals surface area contributed by atoms with Gasteiger partial charge in [-0.2, -0.15) is 0 Å². The van der Waals surface area contributed by atoms with Crippen LogP contribution in [0.5, 0.6) is 46.0 Å². The van der Waals surface area contributed by atoms with Crippen molar-refractivity contribution in [2.24, 2.45) is 0 Å². The van der Waals surface area contributed by atoms with Crippen LogP contribution in [0.15, 0.2) is 133 Å². The molecule has 6 heterocycles. The van der Waals surface area contributed by atoms with Crippen molar-refractivity contribution in [2.45, 2.75) is 0 Å². The van der Waals surface area contributed by atoms with E-state index in [2.05, 4.69) is 107 Å². The maximum absolute atomic E-state index is 6.53. The first-order valence-electron chi connectivity index (χ1n) is 17.0. The Morgan fingerprint density at radius 2 is 0.520 bits per heavy atom. The van der Waals surface area contributed by atoms with E-state index in [4.69, 9.17) is 18.9 Å². The van der Waals surface area contributed by atoms with Crippen LogP contribution >= 0.6 is 0 Å². The molecule has 13 rings (SSSR count). The van der Waals surface area contributed by atoms with Crippen LogP contribution in [0, 0.1) is 0 Å². The monoisotopic (exact) mass is 640 g/mol. The summed E-state index contributed by atoms with van der Waals surface area (Å²) < 4.78 is 26.1. The molecule has 0 amide bonds. The lowest BCUT2D eigenvalue weighted by Crippen LogP contribution is -2.61. The van der Waals surface area contributed by atoms with Gasteiger partial charge in [0.25, 0.3) is 13.4 Å². The summed E-state index contributed by atoms with van der Waals surface area (Å²) in [5.74, 6) is 7.01. The van der Waals surface area contributed by atoms with Crippen molar-refractivity contribution in [1.29, 1.82) is 0 Å². The number of hydrogen-bond donors (Lipinski definition) is 0. The minimum Gasteiger partial charge on any atom is -0.458 e. The Hall–Kier alpha value is -6.53. The zero-order valence-corrected chi connectivity index (χ0v) is 26.4. The van der Waals surface area contributed by atoms with Crippen LogP contribution in [-0.4, -0.2) is 13.4 Å². The van der Waals surface area contributed by atoms with E-state index in [1.807, 2.05) is 36.4 Å². The van der Waals surface area contributed by atoms with Crippen molar-refractivity contribution in [3.05, 3.63) is 133 Å². The molecule has 0 aliphatic carbocycles. The molecule has 6 aliphatic heterocycles. The fourth-order valence-electron chi connectivity index (χ4n) is 9.31. The predicted molar refractivity (Wildman–Crippen MR) is 198 cm³/mol. The maximum atomic E-state index is 6.53. The average molecular weight is 640 g/mol. The number of anilines is 6. The smallest absolute Gasteiger partial charge is 0.266 e. The van der Waals surface area contributed by atoms with Crippen LogP contribution in [0.1, 0.15) is 0 Å². The molecule has 6 nitrogen and oxygen atoms in total. The molecule has 0 saturated carbocycles. The van der Waals surface area contributed by atoms with Crippen LogP contribution < -0.4 is 61.5 Å². The van der Waals surface area contributed by atoms with Gasteiger partial charge < -0.3 is 28.7 Å². The van der Waals surface area contributed by atoms with Gasteiger partial charge in [-0.25, -0.2) is 0 Å². The Morgan fingerprint density at radius 3 is 0.800 bits per heavy atom. The largest absolute Gasteiger partial charge is 0.458 e. The predicted octanol–water partition coefficient (Wildman–Crippen LogP) is 6.71. The topological polar surface area (TPSA) is 43.4 Å². The molecule has 230 valence electrons. The molecular weight excluding hydrogens is 618 g/mol. The molecule has 0 fully saturated rings. The van der Waals surface area contributed by atoms with Crippen LogP contribution in [-0.2, 0) is 0 Å². The van der Waals surface area contributed by atoms with Crippen molar-refractivity contribution < 1.29 is 18.9 Å². The highest BCUT2D eigenvalue weighted by Gasteiger charge is 2.49. The highest BCUT2D eigenvalue weighted by atomic mass is 16.5. The van der Waals surface area contributed by atoms with E-state index in [0.717, 1.165) is 91.0 Å². The van der Waals surface area contributed by atoms with E-state index in [-0.39, 0.29) is 13.4 Å². The Bertz CT molecular complexity index is 2380. The van der Waals surface area contributed by atoms with Crippen molar-refractivity contribution in [3.63, 3.8) is 0 Å². The van der Waals surface area contributed by atoms with Gasteiger partial charge in [-0.05, 0) is 119 Å². The molecule has 0 unspecified atom stereocenters. The molecule has 0 aromatic heterocycles. The summed E-state index contributed by atoms with van der Waals surface area (Å²) in [6, 6.07) is 46.6. The van der Waals surface area contributed by atoms with Crippen LogP contribution in [0.25, 0.3) is 0 Å². The SMILES string of the molecule is c1cc2c3c(c1)Oc1cccc4c1B3c1c(cccc1N4c1ccc(N3c4cccc5c4B4c6c(cccc6Oc6cccc3c64)O5)cc1)O2. The lowest BCUT2D eigenvalue weighted by atomic mass is 9.33. The summed E-state index contributed by atoms with van der Waals surface area (Å²) in [5, 5.41) is 0. The van der Waals surface area contributed by atoms with Crippen molar-refractivity contribution in [1.82, 2.24) is 0 Å². The molecule has 0 radical (unpaired) electrons. The number of nitrogens with zero attached hydrogens (tertiary/aromatic N) is 2. The third-order valence-corrected chi connectivity index (χ3v) is 11.2. The quantitative estimate of drug-likeness (QED) is 0.196. The van der Waals surface area contributed by atoms with E-state index in [9.17, 15) is 0 Å². The fourth-order valence-corrected chi connectivity index (χ4v) is 9.31. The van der Waals surface area contributed by atoms with Gasteiger partial charge >= 0.3 is 0 Å². The van der Waals surface area contributed by atoms with Crippen LogP contribution in [0.3, 0.4) is 0 Å². The molecule has 0 atom stereocenters. The minimum atomic E-state index is 0.0431. The molecule has 7 aromatic rings. The van der Waals surface area contributed by atoms with E-state index in [1.54, 1.807) is 0 Å². The van der Waals surface area contributed by atoms with E-state index in [0.29, 0.717) is 0 Å². The summed E-state index contributed by atoms with van der Waals surface area (Å²) in [6.45, 7) is 0.0861. The Morgan fingerprint density at radius 1 is 0.280 bits per heavy atom. The number of ether oxygens (including phenoxy) is 4. The molecule has 7 aromatic carbocycles. The first kappa shape index (κ1) is 25.5. The third-order valence-electron chi connectivity index (χ3n) is 11.2. The van der Waals surface area contributed by atoms with E-state index in [1.165, 1.54) is 21.9 Å². The van der Waals surface area contributed by atoms with Crippen molar-refractivity contribution in [2.75, 3.05) is 9.80 Å². The number of benzene rings is 7. The van der Waals surface area contributed by atoms with Gasteiger partial charge in [-0.1, -0.05) is 36.4 Å². The van der Waals surface area contributed by atoms with Gasteiger partial charge in [0.15, 0.2) is 0 Å². The van der Waals surface area contributed by atoms with Gasteiger partial charge in [0, 0.05) is 45.0 Å². The second-order valence-corrected chi connectivity index (χ2v) is 13.6. The summed E-state index contributed by atoms with van der Waals surface area (Å²) in [4.78, 5) is 4.70. The second kappa shape index (κ2) is 8.73. The van der Waals surface area contributed by atoms with Crippen LogP contribution in [0.2, 0.25) is 0 Å². The number of rotatable bonds is 2. The minimum absolute atomic E-state index is 0.0431. The molecule has 50 heavy (non-hydrogen) atoms. The molecule has 0 bridgehead atoms. The normalized spacial score (nSPS) is 14.9. The standard InChI is InChI=1S/C42H22B2N2O4/c1-7-25-37-29(11-1)47-33-15-5-16-34-41(33)43(37)38-26(8-2-12-30(38)48-34)45(25)23-19-21-24(22-20-23)46-27-9-3-13-31-39(27)44-40-28(46)10-4-14-32(40)50-36-18-6-17-35(49-31)42(36)44/h1-22H. The Kier molecular flexibility index (Phi) is 4.45. The van der Waals surface area contributed by atoms with Gasteiger partial charge in [-0.15, -0.1) is 0 Å². The average Bonchev–Trinajstić information content (AvgIpc) is 3.15. The van der Waals surface area contributed by atoms with Crippen molar-refractivity contribution >= 4 is 80.3 Å². The van der Waals surface area contributed by atoms with E-state index < -0.39 is 0 Å². The van der Waals surface area contributed by atoms with E-state index >= 15 is 0 Å². The summed E-state index contributed by atoms with van der Waals surface area (Å²) in [5.41, 5.74) is 13.5. The summed E-state index contributed by atoms with van der Waals surface area (Å²) in [7, 11) is 0. The zero-order chi connectivity index (χ0) is 32.2. The lowest BCUT2D eigenvalue weighted by Gasteiger charge is -2.43. The Labute approximate surface area is 287 Å². The van der Waals surface area contributed by atoms with Crippen molar-refractivity contribution in [3.8, 4) is 46.0 Å². The summed E-state index contributed by atoms with van der Waals surface area (Å²) in [6.07, 6.45) is 0. The third kappa shape index (κ3) is 2.96.